The van der Waals surface area contributed by atoms with Gasteiger partial charge in [-0.05, 0) is 122 Å². The molecule has 1 saturated heterocycles. The molecule has 10 atom stereocenters. The van der Waals surface area contributed by atoms with Gasteiger partial charge < -0.3 is 5.11 Å². The van der Waals surface area contributed by atoms with Gasteiger partial charge in [0.2, 0.25) is 0 Å². The van der Waals surface area contributed by atoms with Crippen LogP contribution in [0.4, 0.5) is 0 Å². The van der Waals surface area contributed by atoms with E-state index in [0.717, 1.165) is 47.8 Å². The van der Waals surface area contributed by atoms with Gasteiger partial charge in [-0.3, -0.25) is 0 Å². The van der Waals surface area contributed by atoms with Gasteiger partial charge in [0.1, 0.15) is 0 Å². The molecule has 0 spiro atoms. The fraction of sp³-hybridized carbons (Fsp3) is 1.00. The van der Waals surface area contributed by atoms with Crippen LogP contribution in [0, 0.1) is 58.2 Å². The standard InChI is InChI=1S/C31H54OS2/c1-20(2)8-6-9-21(3)25-12-13-26-23-11-10-22-18-28(32)24(29-33-16-7-17-34-29)19-31(22,5)27(23)14-15-30(25,26)4/h20-29,32H,6-19H2,1-5H3/t21-,22+,23?,24+,25-,26?,27?,28+,30-,31+/m1/s1. The maximum Gasteiger partial charge on any atom is 0.0590 e. The first-order chi connectivity index (χ1) is 16.2. The van der Waals surface area contributed by atoms with Crippen molar-refractivity contribution in [3.8, 4) is 0 Å². The van der Waals surface area contributed by atoms with Crippen molar-refractivity contribution in [1.29, 1.82) is 0 Å². The molecule has 5 fully saturated rings. The summed E-state index contributed by atoms with van der Waals surface area (Å²) in [5, 5.41) is 11.2. The molecular formula is C31H54OS2. The number of hydrogen-bond donors (Lipinski definition) is 1. The van der Waals surface area contributed by atoms with Crippen LogP contribution < -0.4 is 0 Å². The van der Waals surface area contributed by atoms with Crippen molar-refractivity contribution in [3.05, 3.63) is 0 Å². The molecule has 0 bridgehead atoms. The Labute approximate surface area is 220 Å². The summed E-state index contributed by atoms with van der Waals surface area (Å²) in [5.74, 6) is 9.52. The summed E-state index contributed by atoms with van der Waals surface area (Å²) in [6.45, 7) is 12.8. The molecule has 1 N–H and O–H groups in total. The summed E-state index contributed by atoms with van der Waals surface area (Å²) in [4.78, 5) is 0. The van der Waals surface area contributed by atoms with E-state index in [9.17, 15) is 5.11 Å². The highest BCUT2D eigenvalue weighted by Crippen LogP contribution is 2.69. The van der Waals surface area contributed by atoms with Crippen molar-refractivity contribution in [3.63, 3.8) is 0 Å². The number of thioether (sulfide) groups is 2. The van der Waals surface area contributed by atoms with E-state index in [-0.39, 0.29) is 6.10 Å². The maximum atomic E-state index is 11.2. The average Bonchev–Trinajstić information content (AvgIpc) is 3.17. The smallest absolute Gasteiger partial charge is 0.0590 e. The number of hydrogen-bond acceptors (Lipinski definition) is 3. The van der Waals surface area contributed by atoms with E-state index < -0.39 is 0 Å². The van der Waals surface area contributed by atoms with E-state index in [4.69, 9.17) is 0 Å². The molecule has 1 aliphatic heterocycles. The first kappa shape index (κ1) is 26.3. The second-order valence-corrected chi connectivity index (χ2v) is 17.1. The zero-order valence-corrected chi connectivity index (χ0v) is 24.6. The van der Waals surface area contributed by atoms with Crippen molar-refractivity contribution in [2.45, 2.75) is 122 Å². The van der Waals surface area contributed by atoms with Crippen molar-refractivity contribution >= 4 is 23.5 Å². The molecule has 34 heavy (non-hydrogen) atoms. The third-order valence-electron chi connectivity index (χ3n) is 12.2. The summed E-state index contributed by atoms with van der Waals surface area (Å²) in [6, 6.07) is 0. The Bertz CT molecular complexity index is 689. The topological polar surface area (TPSA) is 20.2 Å². The van der Waals surface area contributed by atoms with Crippen LogP contribution in [0.1, 0.15) is 112 Å². The molecule has 5 aliphatic rings. The van der Waals surface area contributed by atoms with Crippen LogP contribution in [0.25, 0.3) is 0 Å². The van der Waals surface area contributed by atoms with Gasteiger partial charge in [-0.2, -0.15) is 0 Å². The second-order valence-electron chi connectivity index (χ2n) is 14.3. The zero-order chi connectivity index (χ0) is 24.1. The summed E-state index contributed by atoms with van der Waals surface area (Å²) < 4.78 is 0.651. The minimum atomic E-state index is -0.0471. The van der Waals surface area contributed by atoms with E-state index in [1.54, 1.807) is 0 Å². The molecule has 0 aromatic rings. The molecular weight excluding hydrogens is 452 g/mol. The van der Waals surface area contributed by atoms with Crippen LogP contribution >= 0.6 is 23.5 Å². The SMILES string of the molecule is CC(C)CCC[C@@H](C)[C@H]1CCC2C3CC[C@H]4C[C@H](O)[C@@H](C5SCCCS5)C[C@]4(C)C3CC[C@@]21C. The Kier molecular flexibility index (Phi) is 8.06. The Morgan fingerprint density at radius 2 is 1.59 bits per heavy atom. The van der Waals surface area contributed by atoms with Crippen molar-refractivity contribution in [2.24, 2.45) is 58.2 Å². The molecule has 5 rings (SSSR count). The molecule has 3 heteroatoms. The van der Waals surface area contributed by atoms with Gasteiger partial charge in [-0.15, -0.1) is 23.5 Å². The summed E-state index contributed by atoms with van der Waals surface area (Å²) in [5.41, 5.74) is 1.08. The highest BCUT2D eigenvalue weighted by molar-refractivity contribution is 8.17. The van der Waals surface area contributed by atoms with Crippen LogP contribution in [0.5, 0.6) is 0 Å². The lowest BCUT2D eigenvalue weighted by molar-refractivity contribution is -0.142. The zero-order valence-electron chi connectivity index (χ0n) is 22.9. The molecule has 0 aromatic heterocycles. The van der Waals surface area contributed by atoms with E-state index >= 15 is 0 Å². The quantitative estimate of drug-likeness (QED) is 0.388. The fourth-order valence-electron chi connectivity index (χ4n) is 10.4. The van der Waals surface area contributed by atoms with Crippen molar-refractivity contribution in [1.82, 2.24) is 0 Å². The summed E-state index contributed by atoms with van der Waals surface area (Å²) in [7, 11) is 0. The molecule has 196 valence electrons. The molecule has 4 saturated carbocycles. The highest BCUT2D eigenvalue weighted by atomic mass is 32.2. The highest BCUT2D eigenvalue weighted by Gasteiger charge is 2.61. The minimum absolute atomic E-state index is 0.0471. The van der Waals surface area contributed by atoms with Crippen LogP contribution in [-0.4, -0.2) is 27.3 Å². The summed E-state index contributed by atoms with van der Waals surface area (Å²) in [6.07, 6.45) is 16.9. The van der Waals surface area contributed by atoms with Gasteiger partial charge in [0.15, 0.2) is 0 Å². The third kappa shape index (κ3) is 4.68. The normalized spacial score (nSPS) is 48.3. The first-order valence-corrected chi connectivity index (χ1v) is 17.2. The van der Waals surface area contributed by atoms with Crippen LogP contribution in [0.3, 0.4) is 0 Å². The van der Waals surface area contributed by atoms with E-state index in [1.807, 2.05) is 0 Å². The maximum absolute atomic E-state index is 11.2. The van der Waals surface area contributed by atoms with Gasteiger partial charge in [0.05, 0.1) is 10.7 Å². The Morgan fingerprint density at radius 1 is 0.853 bits per heavy atom. The van der Waals surface area contributed by atoms with Gasteiger partial charge >= 0.3 is 0 Å². The van der Waals surface area contributed by atoms with E-state index in [1.165, 1.54) is 82.1 Å². The second kappa shape index (κ2) is 10.4. The Hall–Kier alpha value is 0.660. The van der Waals surface area contributed by atoms with E-state index in [0.29, 0.717) is 21.3 Å². The molecule has 0 amide bonds. The van der Waals surface area contributed by atoms with Crippen molar-refractivity contribution < 1.29 is 5.11 Å². The average molecular weight is 507 g/mol. The van der Waals surface area contributed by atoms with E-state index in [2.05, 4.69) is 58.1 Å². The number of rotatable bonds is 6. The molecule has 1 nitrogen and oxygen atoms in total. The van der Waals surface area contributed by atoms with Gasteiger partial charge in [0, 0.05) is 5.92 Å². The lowest BCUT2D eigenvalue weighted by atomic mass is 9.43. The molecule has 3 unspecified atom stereocenters. The van der Waals surface area contributed by atoms with Crippen LogP contribution in [0.15, 0.2) is 0 Å². The monoisotopic (exact) mass is 506 g/mol. The van der Waals surface area contributed by atoms with Crippen LogP contribution in [-0.2, 0) is 0 Å². The molecule has 1 heterocycles. The largest absolute Gasteiger partial charge is 0.393 e. The molecule has 0 radical (unpaired) electrons. The number of aliphatic hydroxyl groups excluding tert-OH is 1. The minimum Gasteiger partial charge on any atom is -0.393 e. The van der Waals surface area contributed by atoms with Crippen LogP contribution in [0.2, 0.25) is 0 Å². The predicted octanol–water partition coefficient (Wildman–Crippen LogP) is 8.89. The Morgan fingerprint density at radius 3 is 2.32 bits per heavy atom. The third-order valence-corrected chi connectivity index (χ3v) is 15.4. The van der Waals surface area contributed by atoms with Gasteiger partial charge in [-0.1, -0.05) is 53.9 Å². The Balaban J connectivity index is 1.30. The molecule has 0 aromatic carbocycles. The number of fused-ring (bicyclic) bond motifs is 5. The fourth-order valence-corrected chi connectivity index (χ4v) is 13.7. The lowest BCUT2D eigenvalue weighted by Gasteiger charge is -2.62. The summed E-state index contributed by atoms with van der Waals surface area (Å²) >= 11 is 4.34. The van der Waals surface area contributed by atoms with Gasteiger partial charge in [-0.25, -0.2) is 0 Å². The molecule has 4 aliphatic carbocycles. The van der Waals surface area contributed by atoms with Crippen molar-refractivity contribution in [2.75, 3.05) is 11.5 Å². The van der Waals surface area contributed by atoms with Gasteiger partial charge in [0.25, 0.3) is 0 Å². The number of aliphatic hydroxyl groups is 1. The first-order valence-electron chi connectivity index (χ1n) is 15.1. The predicted molar refractivity (Wildman–Crippen MR) is 151 cm³/mol. The lowest BCUT2D eigenvalue weighted by Crippen LogP contribution is -2.56.